The van der Waals surface area contributed by atoms with Crippen LogP contribution in [0.2, 0.25) is 0 Å². The van der Waals surface area contributed by atoms with Crippen LogP contribution in [-0.4, -0.2) is 33.9 Å². The Kier molecular flexibility index (Phi) is 4.86. The molecule has 1 aliphatic heterocycles. The normalized spacial score (nSPS) is 15.1. The quantitative estimate of drug-likeness (QED) is 0.942. The second kappa shape index (κ2) is 7.22. The van der Waals surface area contributed by atoms with E-state index in [1.807, 2.05) is 36.1 Å². The number of aromatic nitrogens is 2. The van der Waals surface area contributed by atoms with E-state index in [9.17, 15) is 4.79 Å². The number of nitrogens with one attached hydrogen (secondary N) is 1. The van der Waals surface area contributed by atoms with Gasteiger partial charge < -0.3 is 10.2 Å². The highest BCUT2D eigenvalue weighted by molar-refractivity contribution is 5.93. The zero-order valence-electron chi connectivity index (χ0n) is 13.5. The lowest BCUT2D eigenvalue weighted by Gasteiger charge is -2.19. The molecule has 0 aliphatic carbocycles. The summed E-state index contributed by atoms with van der Waals surface area (Å²) >= 11 is 0. The van der Waals surface area contributed by atoms with Gasteiger partial charge in [0.2, 0.25) is 0 Å². The van der Waals surface area contributed by atoms with Crippen LogP contribution in [0.5, 0.6) is 0 Å². The highest BCUT2D eigenvalue weighted by Gasteiger charge is 2.18. The van der Waals surface area contributed by atoms with Crippen molar-refractivity contribution in [2.24, 2.45) is 0 Å². The molecule has 0 unspecified atom stereocenters. The number of likely N-dealkylation sites (tertiary alicyclic amines) is 1. The van der Waals surface area contributed by atoms with Gasteiger partial charge in [-0.25, -0.2) is 9.97 Å². The zero-order chi connectivity index (χ0) is 16.1. The summed E-state index contributed by atoms with van der Waals surface area (Å²) in [5.74, 6) is 0.642. The van der Waals surface area contributed by atoms with Crippen molar-refractivity contribution >= 4 is 17.4 Å². The summed E-state index contributed by atoms with van der Waals surface area (Å²) in [6.07, 6.45) is 6.00. The van der Waals surface area contributed by atoms with Crippen LogP contribution in [0, 0.1) is 6.92 Å². The maximum absolute atomic E-state index is 12.6. The third kappa shape index (κ3) is 4.06. The largest absolute Gasteiger partial charge is 0.340 e. The Hall–Kier alpha value is -2.43. The van der Waals surface area contributed by atoms with Gasteiger partial charge in [0.1, 0.15) is 17.8 Å². The summed E-state index contributed by atoms with van der Waals surface area (Å²) < 4.78 is 0. The van der Waals surface area contributed by atoms with Gasteiger partial charge in [0.25, 0.3) is 5.91 Å². The number of rotatable bonds is 3. The number of benzene rings is 1. The minimum atomic E-state index is 0.00116. The van der Waals surface area contributed by atoms with Gasteiger partial charge in [0, 0.05) is 24.8 Å². The fraction of sp³-hybridized carbons (Fsp3) is 0.389. The van der Waals surface area contributed by atoms with E-state index in [0.29, 0.717) is 11.5 Å². The smallest absolute Gasteiger partial charge is 0.272 e. The van der Waals surface area contributed by atoms with E-state index in [2.05, 4.69) is 15.3 Å². The van der Waals surface area contributed by atoms with E-state index in [1.54, 1.807) is 6.07 Å². The van der Waals surface area contributed by atoms with Gasteiger partial charge in [0.05, 0.1) is 0 Å². The summed E-state index contributed by atoms with van der Waals surface area (Å²) in [5, 5.41) is 3.22. The van der Waals surface area contributed by atoms with E-state index < -0.39 is 0 Å². The van der Waals surface area contributed by atoms with Gasteiger partial charge in [-0.2, -0.15) is 0 Å². The number of aryl methyl sites for hydroxylation is 1. The summed E-state index contributed by atoms with van der Waals surface area (Å²) in [4.78, 5) is 22.9. The van der Waals surface area contributed by atoms with Crippen molar-refractivity contribution < 1.29 is 4.79 Å². The third-order valence-electron chi connectivity index (χ3n) is 4.10. The first-order chi connectivity index (χ1) is 11.2. The molecule has 0 atom stereocenters. The van der Waals surface area contributed by atoms with E-state index in [1.165, 1.54) is 24.7 Å². The van der Waals surface area contributed by atoms with Crippen LogP contribution in [0.1, 0.15) is 41.7 Å². The molecule has 2 heterocycles. The zero-order valence-corrected chi connectivity index (χ0v) is 13.5. The molecule has 5 heteroatoms. The highest BCUT2D eigenvalue weighted by atomic mass is 16.2. The molecule has 1 amide bonds. The first kappa shape index (κ1) is 15.5. The maximum Gasteiger partial charge on any atom is 0.272 e. The van der Waals surface area contributed by atoms with Crippen LogP contribution in [0.25, 0.3) is 0 Å². The Morgan fingerprint density at radius 3 is 2.43 bits per heavy atom. The fourth-order valence-corrected chi connectivity index (χ4v) is 2.76. The molecule has 1 aromatic heterocycles. The average Bonchev–Trinajstić information content (AvgIpc) is 2.86. The molecule has 0 spiro atoms. The molecule has 120 valence electrons. The summed E-state index contributed by atoms with van der Waals surface area (Å²) in [7, 11) is 0. The molecule has 3 rings (SSSR count). The van der Waals surface area contributed by atoms with Crippen LogP contribution >= 0.6 is 0 Å². The molecule has 1 fully saturated rings. The fourth-order valence-electron chi connectivity index (χ4n) is 2.76. The maximum atomic E-state index is 12.6. The minimum Gasteiger partial charge on any atom is -0.340 e. The summed E-state index contributed by atoms with van der Waals surface area (Å²) in [6, 6.07) is 9.79. The molecule has 23 heavy (non-hydrogen) atoms. The lowest BCUT2D eigenvalue weighted by molar-refractivity contribution is 0.0755. The number of nitrogens with zero attached hydrogens (tertiary/aromatic N) is 3. The Labute approximate surface area is 136 Å². The highest BCUT2D eigenvalue weighted by Crippen LogP contribution is 2.17. The number of amides is 1. The van der Waals surface area contributed by atoms with Crippen molar-refractivity contribution in [1.29, 1.82) is 0 Å². The Balaban J connectivity index is 1.73. The molecular formula is C18H22N4O. The van der Waals surface area contributed by atoms with Crippen molar-refractivity contribution in [2.75, 3.05) is 18.4 Å². The van der Waals surface area contributed by atoms with Gasteiger partial charge in [-0.1, -0.05) is 30.5 Å². The first-order valence-electron chi connectivity index (χ1n) is 8.17. The van der Waals surface area contributed by atoms with Gasteiger partial charge in [-0.15, -0.1) is 0 Å². The van der Waals surface area contributed by atoms with E-state index in [0.717, 1.165) is 31.6 Å². The minimum absolute atomic E-state index is 0.00116. The van der Waals surface area contributed by atoms with Gasteiger partial charge in [-0.05, 0) is 31.9 Å². The van der Waals surface area contributed by atoms with Crippen LogP contribution in [0.4, 0.5) is 11.5 Å². The second-order valence-corrected chi connectivity index (χ2v) is 5.99. The number of carbonyl (C=O) groups is 1. The molecule has 1 N–H and O–H groups in total. The van der Waals surface area contributed by atoms with Crippen LogP contribution in [0.3, 0.4) is 0 Å². The average molecular weight is 310 g/mol. The molecule has 1 saturated heterocycles. The predicted octanol–water partition coefficient (Wildman–Crippen LogP) is 3.54. The predicted molar refractivity (Wildman–Crippen MR) is 90.9 cm³/mol. The third-order valence-corrected chi connectivity index (χ3v) is 4.10. The van der Waals surface area contributed by atoms with Crippen LogP contribution < -0.4 is 5.32 Å². The molecule has 0 bridgehead atoms. The molecular weight excluding hydrogens is 288 g/mol. The number of hydrogen-bond acceptors (Lipinski definition) is 4. The van der Waals surface area contributed by atoms with Crippen molar-refractivity contribution in [3.8, 4) is 0 Å². The van der Waals surface area contributed by atoms with Crippen LogP contribution in [0.15, 0.2) is 36.7 Å². The van der Waals surface area contributed by atoms with Crippen molar-refractivity contribution in [1.82, 2.24) is 14.9 Å². The SMILES string of the molecule is Cc1ccc(Nc2cc(C(=O)N3CCCCCC3)ncn2)cc1. The second-order valence-electron chi connectivity index (χ2n) is 5.99. The van der Waals surface area contributed by atoms with E-state index in [4.69, 9.17) is 0 Å². The Morgan fingerprint density at radius 2 is 1.74 bits per heavy atom. The van der Waals surface area contributed by atoms with E-state index >= 15 is 0 Å². The first-order valence-corrected chi connectivity index (χ1v) is 8.17. The van der Waals surface area contributed by atoms with Crippen molar-refractivity contribution in [3.05, 3.63) is 47.9 Å². The van der Waals surface area contributed by atoms with Gasteiger partial charge in [-0.3, -0.25) is 4.79 Å². The number of carbonyl (C=O) groups excluding carboxylic acids is 1. The lowest BCUT2D eigenvalue weighted by atomic mass is 10.2. The molecule has 1 aromatic carbocycles. The topological polar surface area (TPSA) is 58.1 Å². The standard InChI is InChI=1S/C18H22N4O/c1-14-6-8-15(9-7-14)21-17-12-16(19-13-20-17)18(23)22-10-4-2-3-5-11-22/h6-9,12-13H,2-5,10-11H2,1H3,(H,19,20,21). The van der Waals surface area contributed by atoms with Gasteiger partial charge in [0.15, 0.2) is 0 Å². The monoisotopic (exact) mass is 310 g/mol. The van der Waals surface area contributed by atoms with Crippen molar-refractivity contribution in [3.63, 3.8) is 0 Å². The summed E-state index contributed by atoms with van der Waals surface area (Å²) in [6.45, 7) is 3.69. The lowest BCUT2D eigenvalue weighted by Crippen LogP contribution is -2.32. The Bertz CT molecular complexity index is 661. The molecule has 5 nitrogen and oxygen atoms in total. The van der Waals surface area contributed by atoms with E-state index in [-0.39, 0.29) is 5.91 Å². The summed E-state index contributed by atoms with van der Waals surface area (Å²) in [5.41, 5.74) is 2.61. The molecule has 2 aromatic rings. The Morgan fingerprint density at radius 1 is 1.04 bits per heavy atom. The molecule has 1 aliphatic rings. The van der Waals surface area contributed by atoms with Gasteiger partial charge >= 0.3 is 0 Å². The number of hydrogen-bond donors (Lipinski definition) is 1. The van der Waals surface area contributed by atoms with Crippen molar-refractivity contribution in [2.45, 2.75) is 32.6 Å². The number of anilines is 2. The van der Waals surface area contributed by atoms with Crippen LogP contribution in [-0.2, 0) is 0 Å². The molecule has 0 saturated carbocycles. The molecule has 0 radical (unpaired) electrons.